The molecule has 0 radical (unpaired) electrons. The summed E-state index contributed by atoms with van der Waals surface area (Å²) in [6.07, 6.45) is 4.55. The number of hydrogen-bond acceptors (Lipinski definition) is 6. The molecule has 1 heterocycles. The second kappa shape index (κ2) is 8.82. The van der Waals surface area contributed by atoms with Crippen molar-refractivity contribution in [3.8, 4) is 0 Å². The lowest BCUT2D eigenvalue weighted by molar-refractivity contribution is -0.386. The molecule has 1 aromatic heterocycles. The molecule has 0 aliphatic heterocycles. The number of rotatable bonds is 6. The van der Waals surface area contributed by atoms with Crippen LogP contribution in [-0.4, -0.2) is 21.1 Å². The minimum atomic E-state index is -1.05. The topological polar surface area (TPSA) is 133 Å². The van der Waals surface area contributed by atoms with Crippen LogP contribution in [0.15, 0.2) is 57.2 Å². The minimum absolute atomic E-state index is 0.169. The van der Waals surface area contributed by atoms with E-state index < -0.39 is 21.9 Å². The Labute approximate surface area is 171 Å². The van der Waals surface area contributed by atoms with Gasteiger partial charge in [0.1, 0.15) is 5.69 Å². The number of hydrazone groups is 1. The molecule has 3 aromatic rings. The molecule has 0 spiro atoms. The molecule has 0 aliphatic rings. The number of nitrogens with one attached hydrogen (secondary N) is 3. The van der Waals surface area contributed by atoms with E-state index in [-0.39, 0.29) is 5.69 Å². The molecule has 0 unspecified atom stereocenters. The monoisotopic (exact) mass is 405 g/mol. The van der Waals surface area contributed by atoms with Crippen molar-refractivity contribution in [2.75, 3.05) is 5.43 Å². The molecule has 0 aliphatic carbocycles. The fourth-order valence-corrected chi connectivity index (χ4v) is 2.66. The van der Waals surface area contributed by atoms with Crippen molar-refractivity contribution in [3.05, 3.63) is 101 Å². The van der Waals surface area contributed by atoms with Crippen molar-refractivity contribution in [1.29, 1.82) is 0 Å². The summed E-state index contributed by atoms with van der Waals surface area (Å²) in [6.45, 7) is 4.08. The van der Waals surface area contributed by atoms with Gasteiger partial charge in [-0.1, -0.05) is 36.4 Å². The first-order valence-electron chi connectivity index (χ1n) is 8.99. The lowest BCUT2D eigenvalue weighted by Crippen LogP contribution is -2.25. The maximum Gasteiger partial charge on any atom is 0.357 e. The second-order valence-electron chi connectivity index (χ2n) is 6.60. The zero-order valence-electron chi connectivity index (χ0n) is 16.3. The normalized spacial score (nSPS) is 11.3. The van der Waals surface area contributed by atoms with E-state index in [0.717, 1.165) is 16.8 Å². The SMILES string of the molecule is Cc1ccc(N/N=C/c2ccc(/C=C/c3[nH]c(=O)[nH]c(=O)c3[N+](=O)[O-])cc2)cc1C. The molecule has 30 heavy (non-hydrogen) atoms. The first-order chi connectivity index (χ1) is 14.3. The van der Waals surface area contributed by atoms with Gasteiger partial charge in [-0.05, 0) is 54.3 Å². The lowest BCUT2D eigenvalue weighted by Gasteiger charge is -2.04. The van der Waals surface area contributed by atoms with Gasteiger partial charge in [-0.3, -0.25) is 25.3 Å². The van der Waals surface area contributed by atoms with Gasteiger partial charge in [0.2, 0.25) is 0 Å². The zero-order valence-corrected chi connectivity index (χ0v) is 16.3. The van der Waals surface area contributed by atoms with E-state index in [0.29, 0.717) is 0 Å². The summed E-state index contributed by atoms with van der Waals surface area (Å²) in [5, 5.41) is 15.3. The van der Waals surface area contributed by atoms with Crippen molar-refractivity contribution < 1.29 is 4.92 Å². The molecule has 0 fully saturated rings. The first-order valence-corrected chi connectivity index (χ1v) is 8.99. The predicted molar refractivity (Wildman–Crippen MR) is 117 cm³/mol. The molecular formula is C21H19N5O4. The summed E-state index contributed by atoms with van der Waals surface area (Å²) in [5.74, 6) is 0. The molecular weight excluding hydrogens is 386 g/mol. The van der Waals surface area contributed by atoms with Crippen molar-refractivity contribution in [1.82, 2.24) is 9.97 Å². The molecule has 0 amide bonds. The summed E-state index contributed by atoms with van der Waals surface area (Å²) >= 11 is 0. The Bertz CT molecular complexity index is 1250. The number of benzene rings is 2. The van der Waals surface area contributed by atoms with Crippen LogP contribution in [0.1, 0.15) is 27.9 Å². The summed E-state index contributed by atoms with van der Waals surface area (Å²) in [5.41, 5.74) is 5.08. The van der Waals surface area contributed by atoms with Crippen LogP contribution in [0.25, 0.3) is 12.2 Å². The van der Waals surface area contributed by atoms with Crippen LogP contribution in [0.2, 0.25) is 0 Å². The third-order valence-electron chi connectivity index (χ3n) is 4.42. The second-order valence-corrected chi connectivity index (χ2v) is 6.60. The maximum atomic E-state index is 11.6. The highest BCUT2D eigenvalue weighted by atomic mass is 16.6. The molecule has 0 atom stereocenters. The van der Waals surface area contributed by atoms with Crippen LogP contribution in [-0.2, 0) is 0 Å². The summed E-state index contributed by atoms with van der Waals surface area (Å²) in [6, 6.07) is 13.2. The Morgan fingerprint density at radius 2 is 1.67 bits per heavy atom. The van der Waals surface area contributed by atoms with Gasteiger partial charge in [-0.15, -0.1) is 0 Å². The Hall–Kier alpha value is -4.27. The van der Waals surface area contributed by atoms with E-state index in [1.165, 1.54) is 17.2 Å². The van der Waals surface area contributed by atoms with Gasteiger partial charge in [-0.2, -0.15) is 5.10 Å². The fraction of sp³-hybridized carbons (Fsp3) is 0.0952. The number of aromatic nitrogens is 2. The average Bonchev–Trinajstić information content (AvgIpc) is 2.69. The molecule has 3 rings (SSSR count). The molecule has 9 nitrogen and oxygen atoms in total. The van der Waals surface area contributed by atoms with Gasteiger partial charge in [0, 0.05) is 0 Å². The minimum Gasteiger partial charge on any atom is -0.301 e. The first kappa shape index (κ1) is 20.5. The Balaban J connectivity index is 1.72. The molecule has 0 bridgehead atoms. The van der Waals surface area contributed by atoms with E-state index in [1.54, 1.807) is 24.4 Å². The lowest BCUT2D eigenvalue weighted by atomic mass is 10.1. The van der Waals surface area contributed by atoms with Gasteiger partial charge >= 0.3 is 16.9 Å². The number of nitro groups is 1. The van der Waals surface area contributed by atoms with Gasteiger partial charge < -0.3 is 4.98 Å². The van der Waals surface area contributed by atoms with E-state index >= 15 is 0 Å². The fourth-order valence-electron chi connectivity index (χ4n) is 2.66. The molecule has 2 aromatic carbocycles. The molecule has 0 saturated carbocycles. The van der Waals surface area contributed by atoms with Crippen LogP contribution in [0.3, 0.4) is 0 Å². The number of aromatic amines is 2. The Morgan fingerprint density at radius 3 is 2.33 bits per heavy atom. The van der Waals surface area contributed by atoms with E-state index in [4.69, 9.17) is 0 Å². The highest BCUT2D eigenvalue weighted by molar-refractivity contribution is 5.81. The van der Waals surface area contributed by atoms with E-state index in [9.17, 15) is 19.7 Å². The van der Waals surface area contributed by atoms with E-state index in [1.807, 2.05) is 49.2 Å². The Kier molecular flexibility index (Phi) is 6.02. The quantitative estimate of drug-likeness (QED) is 0.329. The Morgan fingerprint density at radius 1 is 0.967 bits per heavy atom. The maximum absolute atomic E-state index is 11.6. The van der Waals surface area contributed by atoms with Crippen LogP contribution < -0.4 is 16.7 Å². The zero-order chi connectivity index (χ0) is 21.7. The van der Waals surface area contributed by atoms with Crippen LogP contribution in [0.4, 0.5) is 11.4 Å². The average molecular weight is 405 g/mol. The smallest absolute Gasteiger partial charge is 0.301 e. The third kappa shape index (κ3) is 4.96. The number of aryl methyl sites for hydroxylation is 2. The molecule has 0 saturated heterocycles. The van der Waals surface area contributed by atoms with Crippen molar-refractivity contribution in [2.24, 2.45) is 5.10 Å². The molecule has 3 N–H and O–H groups in total. The van der Waals surface area contributed by atoms with Crippen molar-refractivity contribution in [3.63, 3.8) is 0 Å². The summed E-state index contributed by atoms with van der Waals surface area (Å²) < 4.78 is 0. The number of H-pyrrole nitrogens is 2. The van der Waals surface area contributed by atoms with Gasteiger partial charge in [0.05, 0.1) is 16.8 Å². The van der Waals surface area contributed by atoms with Crippen LogP contribution in [0, 0.1) is 24.0 Å². The number of nitrogens with zero attached hydrogens (tertiary/aromatic N) is 2. The van der Waals surface area contributed by atoms with Gasteiger partial charge in [0.25, 0.3) is 0 Å². The van der Waals surface area contributed by atoms with Gasteiger partial charge in [-0.25, -0.2) is 4.79 Å². The molecule has 9 heteroatoms. The van der Waals surface area contributed by atoms with Crippen molar-refractivity contribution in [2.45, 2.75) is 13.8 Å². The van der Waals surface area contributed by atoms with Crippen molar-refractivity contribution >= 4 is 29.7 Å². The summed E-state index contributed by atoms with van der Waals surface area (Å²) in [7, 11) is 0. The highest BCUT2D eigenvalue weighted by Crippen LogP contribution is 2.15. The summed E-state index contributed by atoms with van der Waals surface area (Å²) in [4.78, 5) is 37.3. The standard InChI is InChI=1S/C21H19N5O4/c1-13-3-9-17(11-14(13)2)25-22-12-16-6-4-15(5-7-16)8-10-18-19(26(29)30)20(27)24-21(28)23-18/h3-12,25H,1-2H3,(H2,23,24,27,28)/b10-8+,22-12+. The van der Waals surface area contributed by atoms with Crippen LogP contribution >= 0.6 is 0 Å². The third-order valence-corrected chi connectivity index (χ3v) is 4.42. The number of hydrogen-bond donors (Lipinski definition) is 3. The largest absolute Gasteiger partial charge is 0.357 e. The van der Waals surface area contributed by atoms with E-state index in [2.05, 4.69) is 15.5 Å². The predicted octanol–water partition coefficient (Wildman–Crippen LogP) is 3.20. The highest BCUT2D eigenvalue weighted by Gasteiger charge is 2.18. The van der Waals surface area contributed by atoms with Gasteiger partial charge in [0.15, 0.2) is 0 Å². The molecule has 152 valence electrons. The van der Waals surface area contributed by atoms with Crippen LogP contribution in [0.5, 0.6) is 0 Å². The number of anilines is 1.